The largest absolute Gasteiger partial charge is 0.381 e. The summed E-state index contributed by atoms with van der Waals surface area (Å²) in [5.41, 5.74) is 3.52. The molecule has 0 aromatic carbocycles. The van der Waals surface area contributed by atoms with Crippen molar-refractivity contribution >= 4 is 5.78 Å². The van der Waals surface area contributed by atoms with E-state index in [0.717, 1.165) is 50.9 Å². The summed E-state index contributed by atoms with van der Waals surface area (Å²) < 4.78 is 7.83. The Morgan fingerprint density at radius 1 is 1.29 bits per heavy atom. The van der Waals surface area contributed by atoms with Crippen molar-refractivity contribution in [3.8, 4) is 0 Å². The SMILES string of the molecule is Cc1cc2c(n1C1CCOCC1)CCCC2=O. The molecule has 0 radical (unpaired) electrons. The Balaban J connectivity index is 2.01. The van der Waals surface area contributed by atoms with Crippen LogP contribution in [-0.4, -0.2) is 23.6 Å². The Morgan fingerprint density at radius 2 is 2.06 bits per heavy atom. The number of hydrogen-bond donors (Lipinski definition) is 0. The molecule has 0 spiro atoms. The minimum absolute atomic E-state index is 0.333. The van der Waals surface area contributed by atoms with E-state index in [9.17, 15) is 4.79 Å². The molecule has 0 atom stereocenters. The summed E-state index contributed by atoms with van der Waals surface area (Å²) in [5.74, 6) is 0.333. The Morgan fingerprint density at radius 3 is 2.82 bits per heavy atom. The van der Waals surface area contributed by atoms with Crippen molar-refractivity contribution in [1.82, 2.24) is 4.57 Å². The van der Waals surface area contributed by atoms with Crippen molar-refractivity contribution < 1.29 is 9.53 Å². The molecule has 1 saturated heterocycles. The van der Waals surface area contributed by atoms with Crippen molar-refractivity contribution in [3.05, 3.63) is 23.0 Å². The van der Waals surface area contributed by atoms with Crippen molar-refractivity contribution in [1.29, 1.82) is 0 Å². The van der Waals surface area contributed by atoms with Gasteiger partial charge in [-0.3, -0.25) is 4.79 Å². The number of ether oxygens (including phenoxy) is 1. The predicted molar refractivity (Wildman–Crippen MR) is 65.5 cm³/mol. The molecule has 3 nitrogen and oxygen atoms in total. The smallest absolute Gasteiger partial charge is 0.164 e. The minimum atomic E-state index is 0.333. The summed E-state index contributed by atoms with van der Waals surface area (Å²) in [6.07, 6.45) is 4.96. The zero-order chi connectivity index (χ0) is 11.8. The minimum Gasteiger partial charge on any atom is -0.381 e. The number of Topliss-reactive ketones (excluding diaryl/α,β-unsaturated/α-hetero) is 1. The molecule has 0 saturated carbocycles. The van der Waals surface area contributed by atoms with E-state index in [1.165, 1.54) is 11.4 Å². The zero-order valence-electron chi connectivity index (χ0n) is 10.4. The fourth-order valence-electron chi connectivity index (χ4n) is 3.20. The van der Waals surface area contributed by atoms with Crippen molar-refractivity contribution in [2.24, 2.45) is 0 Å². The zero-order valence-corrected chi connectivity index (χ0v) is 10.4. The molecule has 2 aliphatic rings. The molecule has 1 aliphatic carbocycles. The van der Waals surface area contributed by atoms with E-state index in [0.29, 0.717) is 11.8 Å². The number of hydrogen-bond acceptors (Lipinski definition) is 2. The first-order chi connectivity index (χ1) is 8.27. The first-order valence-electron chi connectivity index (χ1n) is 6.59. The third kappa shape index (κ3) is 1.82. The number of ketones is 1. The van der Waals surface area contributed by atoms with E-state index in [2.05, 4.69) is 17.6 Å². The molecule has 92 valence electrons. The highest BCUT2D eigenvalue weighted by atomic mass is 16.5. The highest BCUT2D eigenvalue weighted by Crippen LogP contribution is 2.31. The van der Waals surface area contributed by atoms with Gasteiger partial charge in [0.2, 0.25) is 0 Å². The Bertz CT molecular complexity index is 441. The van der Waals surface area contributed by atoms with E-state index in [1.807, 2.05) is 0 Å². The molecule has 1 aliphatic heterocycles. The summed E-state index contributed by atoms with van der Waals surface area (Å²) >= 11 is 0. The van der Waals surface area contributed by atoms with E-state index in [4.69, 9.17) is 4.74 Å². The van der Waals surface area contributed by atoms with Crippen molar-refractivity contribution in [2.75, 3.05) is 13.2 Å². The van der Waals surface area contributed by atoms with Gasteiger partial charge < -0.3 is 9.30 Å². The Labute approximate surface area is 102 Å². The normalized spacial score (nSPS) is 21.6. The van der Waals surface area contributed by atoms with E-state index in [1.54, 1.807) is 0 Å². The number of carbonyl (C=O) groups is 1. The first kappa shape index (κ1) is 11.0. The lowest BCUT2D eigenvalue weighted by atomic mass is 9.96. The molecule has 17 heavy (non-hydrogen) atoms. The van der Waals surface area contributed by atoms with Crippen LogP contribution in [0.1, 0.15) is 53.5 Å². The fraction of sp³-hybridized carbons (Fsp3) is 0.643. The second-order valence-corrected chi connectivity index (χ2v) is 5.14. The van der Waals surface area contributed by atoms with Gasteiger partial charge in [0.25, 0.3) is 0 Å². The van der Waals surface area contributed by atoms with Crippen LogP contribution in [0.2, 0.25) is 0 Å². The first-order valence-corrected chi connectivity index (χ1v) is 6.59. The van der Waals surface area contributed by atoms with Crippen LogP contribution in [0, 0.1) is 6.92 Å². The molecule has 0 N–H and O–H groups in total. The molecule has 0 bridgehead atoms. The summed E-state index contributed by atoms with van der Waals surface area (Å²) in [5, 5.41) is 0. The predicted octanol–water partition coefficient (Wildman–Crippen LogP) is 2.67. The Hall–Kier alpha value is -1.09. The van der Waals surface area contributed by atoms with Gasteiger partial charge in [-0.05, 0) is 38.7 Å². The second kappa shape index (κ2) is 4.30. The number of nitrogens with zero attached hydrogens (tertiary/aromatic N) is 1. The highest BCUT2D eigenvalue weighted by Gasteiger charge is 2.26. The van der Waals surface area contributed by atoms with Gasteiger partial charge in [-0.1, -0.05) is 0 Å². The van der Waals surface area contributed by atoms with Gasteiger partial charge >= 0.3 is 0 Å². The summed E-state index contributed by atoms with van der Waals surface area (Å²) in [6, 6.07) is 2.63. The number of carbonyl (C=O) groups excluding carboxylic acids is 1. The molecule has 0 unspecified atom stereocenters. The topological polar surface area (TPSA) is 31.2 Å². The quantitative estimate of drug-likeness (QED) is 0.746. The monoisotopic (exact) mass is 233 g/mol. The van der Waals surface area contributed by atoms with Crippen molar-refractivity contribution in [2.45, 2.75) is 45.1 Å². The van der Waals surface area contributed by atoms with E-state index < -0.39 is 0 Å². The van der Waals surface area contributed by atoms with Crippen LogP contribution in [0.15, 0.2) is 6.07 Å². The maximum absolute atomic E-state index is 11.9. The van der Waals surface area contributed by atoms with Gasteiger partial charge in [0.15, 0.2) is 5.78 Å². The van der Waals surface area contributed by atoms with Crippen molar-refractivity contribution in [3.63, 3.8) is 0 Å². The third-order valence-electron chi connectivity index (χ3n) is 4.01. The van der Waals surface area contributed by atoms with Gasteiger partial charge in [-0.25, -0.2) is 0 Å². The van der Waals surface area contributed by atoms with Crippen LogP contribution in [0.25, 0.3) is 0 Å². The Kier molecular flexibility index (Phi) is 2.79. The van der Waals surface area contributed by atoms with E-state index in [-0.39, 0.29) is 0 Å². The van der Waals surface area contributed by atoms with E-state index >= 15 is 0 Å². The van der Waals surface area contributed by atoms with Gasteiger partial charge in [0.1, 0.15) is 0 Å². The number of rotatable bonds is 1. The van der Waals surface area contributed by atoms with Crippen LogP contribution in [0.3, 0.4) is 0 Å². The lowest BCUT2D eigenvalue weighted by Gasteiger charge is -2.28. The van der Waals surface area contributed by atoms with Gasteiger partial charge in [0, 0.05) is 42.6 Å². The van der Waals surface area contributed by atoms with Gasteiger partial charge in [-0.2, -0.15) is 0 Å². The second-order valence-electron chi connectivity index (χ2n) is 5.14. The third-order valence-corrected chi connectivity index (χ3v) is 4.01. The van der Waals surface area contributed by atoms with Gasteiger partial charge in [0.05, 0.1) is 0 Å². The highest BCUT2D eigenvalue weighted by molar-refractivity contribution is 5.98. The molecular weight excluding hydrogens is 214 g/mol. The maximum Gasteiger partial charge on any atom is 0.164 e. The van der Waals surface area contributed by atoms with Crippen LogP contribution >= 0.6 is 0 Å². The number of aryl methyl sites for hydroxylation is 1. The molecule has 3 rings (SSSR count). The summed E-state index contributed by atoms with van der Waals surface area (Å²) in [6.45, 7) is 3.83. The molecular formula is C14H19NO2. The molecule has 3 heteroatoms. The molecule has 2 heterocycles. The maximum atomic E-state index is 11.9. The number of fused-ring (bicyclic) bond motifs is 1. The van der Waals surface area contributed by atoms with Gasteiger partial charge in [-0.15, -0.1) is 0 Å². The summed E-state index contributed by atoms with van der Waals surface area (Å²) in [7, 11) is 0. The molecule has 0 amide bonds. The lowest BCUT2D eigenvalue weighted by Crippen LogP contribution is -2.23. The lowest BCUT2D eigenvalue weighted by molar-refractivity contribution is 0.0683. The van der Waals surface area contributed by atoms with Crippen LogP contribution in [-0.2, 0) is 11.2 Å². The standard InChI is InChI=1S/C14H19NO2/c1-10-9-12-13(3-2-4-14(12)16)15(10)11-5-7-17-8-6-11/h9,11H,2-8H2,1H3. The van der Waals surface area contributed by atoms with Crippen LogP contribution in [0.5, 0.6) is 0 Å². The fourth-order valence-corrected chi connectivity index (χ4v) is 3.20. The van der Waals surface area contributed by atoms with Crippen LogP contribution < -0.4 is 0 Å². The van der Waals surface area contributed by atoms with Crippen LogP contribution in [0.4, 0.5) is 0 Å². The molecule has 1 aromatic heterocycles. The average molecular weight is 233 g/mol. The molecule has 1 aromatic rings. The summed E-state index contributed by atoms with van der Waals surface area (Å²) in [4.78, 5) is 11.9. The molecule has 1 fully saturated rings. The number of aromatic nitrogens is 1. The average Bonchev–Trinajstić information content (AvgIpc) is 2.68.